The van der Waals surface area contributed by atoms with Gasteiger partial charge in [0, 0.05) is 10.6 Å². The van der Waals surface area contributed by atoms with Gasteiger partial charge in [-0.3, -0.25) is 14.9 Å². The summed E-state index contributed by atoms with van der Waals surface area (Å²) in [5, 5.41) is 12.0. The third-order valence-corrected chi connectivity index (χ3v) is 1.81. The molecule has 0 saturated heterocycles. The fourth-order valence-electron chi connectivity index (χ4n) is 1.10. The van der Waals surface area contributed by atoms with Gasteiger partial charge in [-0.1, -0.05) is 18.2 Å². The van der Waals surface area contributed by atoms with Crippen molar-refractivity contribution in [2.24, 2.45) is 0 Å². The molecule has 1 atom stereocenters. The number of carbonyl (C=O) groups is 1. The number of amides is 1. The van der Waals surface area contributed by atoms with E-state index >= 15 is 0 Å². The van der Waals surface area contributed by atoms with Gasteiger partial charge in [0.1, 0.15) is 0 Å². The predicted molar refractivity (Wildman–Crippen MR) is 51.9 cm³/mol. The smallest absolute Gasteiger partial charge is 0.320 e. The van der Waals surface area contributed by atoms with E-state index in [0.717, 1.165) is 0 Å². The Balaban J connectivity index is 2.84. The van der Waals surface area contributed by atoms with Gasteiger partial charge in [0.2, 0.25) is 0 Å². The molecule has 1 aromatic rings. The number of nitro groups is 1. The number of carbonyl (C=O) groups excluding carboxylic acids is 1. The summed E-state index contributed by atoms with van der Waals surface area (Å²) in [5.74, 6) is -1.71. The van der Waals surface area contributed by atoms with Crippen molar-refractivity contribution >= 4 is 11.6 Å². The SMILES string of the molecule is O=C(Nc1ccccc1)C([N+](=O)[O-])C(F)(F)F. The molecule has 1 amide bonds. The Bertz CT molecular complexity index is 419. The lowest BCUT2D eigenvalue weighted by Gasteiger charge is -2.12. The zero-order chi connectivity index (χ0) is 13.1. The molecule has 0 aliphatic rings. The minimum atomic E-state index is -5.22. The average molecular weight is 248 g/mol. The lowest BCUT2D eigenvalue weighted by Crippen LogP contribution is -2.46. The first-order valence-electron chi connectivity index (χ1n) is 4.38. The fraction of sp³-hybridized carbons (Fsp3) is 0.222. The third kappa shape index (κ3) is 3.44. The maximum atomic E-state index is 12.2. The lowest BCUT2D eigenvalue weighted by atomic mass is 10.2. The normalized spacial score (nSPS) is 12.9. The van der Waals surface area contributed by atoms with E-state index in [1.165, 1.54) is 24.3 Å². The van der Waals surface area contributed by atoms with Gasteiger partial charge in [-0.15, -0.1) is 0 Å². The molecule has 0 radical (unpaired) electrons. The van der Waals surface area contributed by atoms with Crippen LogP contribution in [0, 0.1) is 10.1 Å². The van der Waals surface area contributed by atoms with Gasteiger partial charge < -0.3 is 5.32 Å². The zero-order valence-electron chi connectivity index (χ0n) is 8.27. The van der Waals surface area contributed by atoms with E-state index in [4.69, 9.17) is 0 Å². The summed E-state index contributed by atoms with van der Waals surface area (Å²) in [4.78, 5) is 19.7. The highest BCUT2D eigenvalue weighted by Gasteiger charge is 2.55. The molecule has 17 heavy (non-hydrogen) atoms. The molecule has 5 nitrogen and oxygen atoms in total. The largest absolute Gasteiger partial charge is 0.467 e. The van der Waals surface area contributed by atoms with E-state index in [2.05, 4.69) is 0 Å². The Morgan fingerprint density at radius 1 is 1.29 bits per heavy atom. The fourth-order valence-corrected chi connectivity index (χ4v) is 1.10. The number of benzene rings is 1. The molecular formula is C9H7F3N2O3. The number of nitrogens with zero attached hydrogens (tertiary/aromatic N) is 1. The zero-order valence-corrected chi connectivity index (χ0v) is 8.27. The van der Waals surface area contributed by atoms with E-state index in [1.54, 1.807) is 6.07 Å². The van der Waals surface area contributed by atoms with Crippen molar-refractivity contribution in [2.45, 2.75) is 12.2 Å². The highest BCUT2D eigenvalue weighted by Crippen LogP contribution is 2.23. The summed E-state index contributed by atoms with van der Waals surface area (Å²) in [6.45, 7) is 0. The van der Waals surface area contributed by atoms with Gasteiger partial charge in [-0.05, 0) is 12.1 Å². The van der Waals surface area contributed by atoms with Crippen molar-refractivity contribution < 1.29 is 22.9 Å². The molecule has 0 aliphatic heterocycles. The van der Waals surface area contributed by atoms with Crippen LogP contribution in [-0.2, 0) is 4.79 Å². The molecule has 8 heteroatoms. The summed E-state index contributed by atoms with van der Waals surface area (Å²) in [6, 6.07) is 3.93. The van der Waals surface area contributed by atoms with Crippen LogP contribution in [0.1, 0.15) is 0 Å². The van der Waals surface area contributed by atoms with Crippen LogP contribution < -0.4 is 5.32 Å². The monoisotopic (exact) mass is 248 g/mol. The number of para-hydroxylation sites is 1. The van der Waals surface area contributed by atoms with Crippen LogP contribution in [0.25, 0.3) is 0 Å². The number of hydrogen-bond donors (Lipinski definition) is 1. The Labute approximate surface area is 93.4 Å². The number of anilines is 1. The highest BCUT2D eigenvalue weighted by molar-refractivity contribution is 5.94. The predicted octanol–water partition coefficient (Wildman–Crippen LogP) is 1.83. The lowest BCUT2D eigenvalue weighted by molar-refractivity contribution is -0.545. The first-order chi connectivity index (χ1) is 7.82. The number of hydrogen-bond acceptors (Lipinski definition) is 3. The van der Waals surface area contributed by atoms with E-state index < -0.39 is 23.0 Å². The highest BCUT2D eigenvalue weighted by atomic mass is 19.4. The second-order valence-electron chi connectivity index (χ2n) is 3.08. The molecule has 0 saturated carbocycles. The second-order valence-corrected chi connectivity index (χ2v) is 3.08. The molecule has 0 aromatic heterocycles. The van der Waals surface area contributed by atoms with Crippen LogP contribution in [0.2, 0.25) is 0 Å². The van der Waals surface area contributed by atoms with Crippen LogP contribution in [0.3, 0.4) is 0 Å². The summed E-state index contributed by atoms with van der Waals surface area (Å²) in [5.41, 5.74) is 0.0635. The number of rotatable bonds is 3. The molecule has 0 bridgehead atoms. The van der Waals surface area contributed by atoms with Gasteiger partial charge in [0.05, 0.1) is 0 Å². The van der Waals surface area contributed by atoms with Crippen molar-refractivity contribution in [1.82, 2.24) is 0 Å². The Hall–Kier alpha value is -2.12. The van der Waals surface area contributed by atoms with E-state index in [9.17, 15) is 28.1 Å². The summed E-state index contributed by atoms with van der Waals surface area (Å²) < 4.78 is 36.7. The molecule has 0 spiro atoms. The van der Waals surface area contributed by atoms with Crippen LogP contribution in [-0.4, -0.2) is 23.0 Å². The molecule has 0 heterocycles. The molecule has 0 aliphatic carbocycles. The topological polar surface area (TPSA) is 72.2 Å². The molecular weight excluding hydrogens is 241 g/mol. The van der Waals surface area contributed by atoms with Crippen molar-refractivity contribution in [3.63, 3.8) is 0 Å². The van der Waals surface area contributed by atoms with Crippen LogP contribution in [0.4, 0.5) is 18.9 Å². The van der Waals surface area contributed by atoms with Gasteiger partial charge in [0.15, 0.2) is 0 Å². The number of alkyl halides is 3. The van der Waals surface area contributed by atoms with Crippen LogP contribution in [0.5, 0.6) is 0 Å². The Kier molecular flexibility index (Phi) is 3.66. The summed E-state index contributed by atoms with van der Waals surface area (Å²) in [6.07, 6.45) is -5.22. The average Bonchev–Trinajstić information content (AvgIpc) is 2.15. The van der Waals surface area contributed by atoms with E-state index in [1.807, 2.05) is 5.32 Å². The number of halogens is 3. The Morgan fingerprint density at radius 2 is 1.82 bits per heavy atom. The van der Waals surface area contributed by atoms with Gasteiger partial charge in [-0.2, -0.15) is 13.2 Å². The third-order valence-electron chi connectivity index (χ3n) is 1.81. The number of nitrogens with one attached hydrogen (secondary N) is 1. The molecule has 1 unspecified atom stereocenters. The molecule has 1 N–H and O–H groups in total. The van der Waals surface area contributed by atoms with Crippen molar-refractivity contribution in [3.8, 4) is 0 Å². The van der Waals surface area contributed by atoms with Gasteiger partial charge in [-0.25, -0.2) is 0 Å². The van der Waals surface area contributed by atoms with E-state index in [0.29, 0.717) is 0 Å². The van der Waals surface area contributed by atoms with E-state index in [-0.39, 0.29) is 5.69 Å². The molecule has 0 fully saturated rings. The molecule has 1 rings (SSSR count). The standard InChI is InChI=1S/C9H7F3N2O3/c10-9(11,12)7(14(16)17)8(15)13-6-4-2-1-3-5-6/h1-5,7H,(H,13,15). The minimum absolute atomic E-state index is 0.0635. The van der Waals surface area contributed by atoms with Crippen molar-refractivity contribution in [3.05, 3.63) is 40.4 Å². The minimum Gasteiger partial charge on any atom is -0.320 e. The summed E-state index contributed by atoms with van der Waals surface area (Å²) >= 11 is 0. The first kappa shape index (κ1) is 12.9. The van der Waals surface area contributed by atoms with Gasteiger partial charge >= 0.3 is 18.1 Å². The van der Waals surface area contributed by atoms with Crippen molar-refractivity contribution in [1.29, 1.82) is 0 Å². The van der Waals surface area contributed by atoms with Crippen LogP contribution in [0.15, 0.2) is 30.3 Å². The van der Waals surface area contributed by atoms with Gasteiger partial charge in [0.25, 0.3) is 0 Å². The maximum Gasteiger partial charge on any atom is 0.467 e. The quantitative estimate of drug-likeness (QED) is 0.655. The summed E-state index contributed by atoms with van der Waals surface area (Å²) in [7, 11) is 0. The Morgan fingerprint density at radius 3 is 2.24 bits per heavy atom. The van der Waals surface area contributed by atoms with Crippen LogP contribution >= 0.6 is 0 Å². The molecule has 1 aromatic carbocycles. The molecule has 92 valence electrons. The first-order valence-corrected chi connectivity index (χ1v) is 4.38. The second kappa shape index (κ2) is 4.81. The van der Waals surface area contributed by atoms with Crippen molar-refractivity contribution in [2.75, 3.05) is 5.32 Å². The maximum absolute atomic E-state index is 12.2.